The van der Waals surface area contributed by atoms with Gasteiger partial charge >= 0.3 is 6.09 Å². The van der Waals surface area contributed by atoms with Crippen LogP contribution in [-0.4, -0.2) is 91.1 Å². The van der Waals surface area contributed by atoms with Crippen molar-refractivity contribution in [2.75, 3.05) is 50.7 Å². The Kier molecular flexibility index (Phi) is 8.54. The summed E-state index contributed by atoms with van der Waals surface area (Å²) in [5, 5.41) is 4.69. The number of piperidine rings is 2. The lowest BCUT2D eigenvalue weighted by molar-refractivity contribution is -0.134. The molecule has 1 aromatic rings. The summed E-state index contributed by atoms with van der Waals surface area (Å²) in [5.41, 5.74) is 0.0964. The van der Waals surface area contributed by atoms with Gasteiger partial charge in [-0.05, 0) is 64.2 Å². The number of halogens is 1. The van der Waals surface area contributed by atoms with Gasteiger partial charge in [-0.15, -0.1) is 0 Å². The largest absolute Gasteiger partial charge is 0.444 e. The van der Waals surface area contributed by atoms with Gasteiger partial charge in [0.25, 0.3) is 5.91 Å². The number of carbonyl (C=O) groups is 4. The van der Waals surface area contributed by atoms with Gasteiger partial charge in [-0.1, -0.05) is 0 Å². The lowest BCUT2D eigenvalue weighted by atomic mass is 9.96. The number of ether oxygens (including phenoxy) is 1. The highest BCUT2D eigenvalue weighted by Crippen LogP contribution is 2.24. The number of anilines is 1. The summed E-state index contributed by atoms with van der Waals surface area (Å²) in [4.78, 5) is 54.3. The van der Waals surface area contributed by atoms with Crippen molar-refractivity contribution in [2.45, 2.75) is 58.1 Å². The number of hydrogen-bond acceptors (Lipinski definition) is 7. The highest BCUT2D eigenvalue weighted by Gasteiger charge is 2.30. The van der Waals surface area contributed by atoms with E-state index in [1.54, 1.807) is 11.0 Å². The van der Waals surface area contributed by atoms with Gasteiger partial charge in [0.1, 0.15) is 17.5 Å². The Balaban J connectivity index is 1.22. The predicted octanol–water partition coefficient (Wildman–Crippen LogP) is 2.13. The van der Waals surface area contributed by atoms with Crippen molar-refractivity contribution in [3.63, 3.8) is 0 Å². The zero-order valence-corrected chi connectivity index (χ0v) is 22.4. The number of nitrogens with zero attached hydrogens (tertiary/aromatic N) is 3. The number of benzene rings is 1. The maximum atomic E-state index is 14.8. The van der Waals surface area contributed by atoms with Crippen molar-refractivity contribution in [1.82, 2.24) is 20.4 Å². The van der Waals surface area contributed by atoms with Crippen LogP contribution in [0.1, 0.15) is 56.8 Å². The predicted molar refractivity (Wildman–Crippen MR) is 139 cm³/mol. The summed E-state index contributed by atoms with van der Waals surface area (Å²) in [5.74, 6) is -1.74. The van der Waals surface area contributed by atoms with Crippen molar-refractivity contribution in [2.24, 2.45) is 5.92 Å². The maximum absolute atomic E-state index is 14.8. The summed E-state index contributed by atoms with van der Waals surface area (Å²) in [6.07, 6.45) is 2.00. The first kappa shape index (κ1) is 27.8. The van der Waals surface area contributed by atoms with Crippen molar-refractivity contribution >= 4 is 29.5 Å². The lowest BCUT2D eigenvalue weighted by Gasteiger charge is -2.39. The van der Waals surface area contributed by atoms with E-state index in [9.17, 15) is 23.6 Å². The van der Waals surface area contributed by atoms with Crippen molar-refractivity contribution < 1.29 is 28.3 Å². The molecule has 0 aromatic heterocycles. The van der Waals surface area contributed by atoms with Gasteiger partial charge in [-0.25, -0.2) is 9.18 Å². The van der Waals surface area contributed by atoms with E-state index in [1.807, 2.05) is 20.8 Å². The third-order valence-electron chi connectivity index (χ3n) is 7.26. The van der Waals surface area contributed by atoms with Crippen molar-refractivity contribution in [1.29, 1.82) is 0 Å². The SMILES string of the molecule is CC(C)(C)OC(=O)N1CCC(CN2CCN(c3ccc(C(=O)N[C@@H]4CCC(=O)NC4=O)c(F)c3)CC2)CC1. The number of nitrogens with one attached hydrogen (secondary N) is 2. The molecular formula is C27H38FN5O5. The summed E-state index contributed by atoms with van der Waals surface area (Å²) >= 11 is 0. The van der Waals surface area contributed by atoms with Crippen LogP contribution in [-0.2, 0) is 14.3 Å². The quantitative estimate of drug-likeness (QED) is 0.560. The van der Waals surface area contributed by atoms with Gasteiger partial charge in [-0.2, -0.15) is 0 Å². The Hall–Kier alpha value is -3.21. The number of rotatable bonds is 5. The zero-order chi connectivity index (χ0) is 27.4. The van der Waals surface area contributed by atoms with E-state index in [0.717, 1.165) is 45.6 Å². The van der Waals surface area contributed by atoms with E-state index in [1.165, 1.54) is 12.1 Å². The zero-order valence-electron chi connectivity index (χ0n) is 22.4. The molecule has 3 saturated heterocycles. The van der Waals surface area contributed by atoms with Crippen molar-refractivity contribution in [3.8, 4) is 0 Å². The number of carbonyl (C=O) groups excluding carboxylic acids is 4. The summed E-state index contributed by atoms with van der Waals surface area (Å²) in [6, 6.07) is 3.68. The normalized spacial score (nSPS) is 21.7. The van der Waals surface area contributed by atoms with Gasteiger partial charge in [0.15, 0.2) is 0 Å². The van der Waals surface area contributed by atoms with Gasteiger partial charge in [-0.3, -0.25) is 24.6 Å². The van der Waals surface area contributed by atoms with E-state index in [0.29, 0.717) is 24.7 Å². The Bertz CT molecular complexity index is 1060. The molecule has 0 spiro atoms. The Morgan fingerprint density at radius 2 is 1.74 bits per heavy atom. The van der Waals surface area contributed by atoms with Crippen LogP contribution in [0.5, 0.6) is 0 Å². The van der Waals surface area contributed by atoms with E-state index >= 15 is 0 Å². The van der Waals surface area contributed by atoms with Crippen LogP contribution in [0.3, 0.4) is 0 Å². The first-order chi connectivity index (χ1) is 18.0. The van der Waals surface area contributed by atoms with Crippen LogP contribution in [0.25, 0.3) is 0 Å². The molecule has 3 heterocycles. The van der Waals surface area contributed by atoms with E-state index in [4.69, 9.17) is 4.74 Å². The molecule has 11 heteroatoms. The molecule has 2 N–H and O–H groups in total. The average Bonchev–Trinajstić information content (AvgIpc) is 2.85. The van der Waals surface area contributed by atoms with Gasteiger partial charge in [0.05, 0.1) is 5.56 Å². The average molecular weight is 532 g/mol. The third kappa shape index (κ3) is 7.21. The molecule has 38 heavy (non-hydrogen) atoms. The van der Waals surface area contributed by atoms with Crippen LogP contribution in [0.2, 0.25) is 0 Å². The standard InChI is InChI=1S/C27H38FN5O5/c1-27(2,3)38-26(37)33-10-8-18(9-11-33)17-31-12-14-32(15-13-31)19-4-5-20(21(28)16-19)24(35)29-22-6-7-23(34)30-25(22)36/h4-5,16,18,22H,6-15,17H2,1-3H3,(H,29,35)(H,30,34,36)/t22-/m1/s1. The van der Waals surface area contributed by atoms with Gasteiger partial charge < -0.3 is 19.9 Å². The molecule has 1 aromatic carbocycles. The number of imide groups is 1. The van der Waals surface area contributed by atoms with Crippen LogP contribution < -0.4 is 15.5 Å². The number of hydrogen-bond donors (Lipinski definition) is 2. The molecule has 10 nitrogen and oxygen atoms in total. The lowest BCUT2D eigenvalue weighted by Crippen LogP contribution is -2.52. The van der Waals surface area contributed by atoms with Crippen LogP contribution >= 0.6 is 0 Å². The molecule has 208 valence electrons. The minimum Gasteiger partial charge on any atom is -0.444 e. The highest BCUT2D eigenvalue weighted by molar-refractivity contribution is 6.03. The third-order valence-corrected chi connectivity index (χ3v) is 7.26. The van der Waals surface area contributed by atoms with Gasteiger partial charge in [0.2, 0.25) is 11.8 Å². The molecule has 4 amide bonds. The summed E-state index contributed by atoms with van der Waals surface area (Å²) in [6.45, 7) is 11.2. The molecule has 0 unspecified atom stereocenters. The molecule has 1 atom stereocenters. The molecule has 0 bridgehead atoms. The molecule has 3 aliphatic rings. The van der Waals surface area contributed by atoms with E-state index in [-0.39, 0.29) is 30.4 Å². The fourth-order valence-corrected chi connectivity index (χ4v) is 5.13. The number of likely N-dealkylation sites (tertiary alicyclic amines) is 1. The first-order valence-corrected chi connectivity index (χ1v) is 13.4. The minimum absolute atomic E-state index is 0.130. The Labute approximate surface area is 222 Å². The number of amides is 4. The van der Waals surface area contributed by atoms with Crippen molar-refractivity contribution in [3.05, 3.63) is 29.6 Å². The van der Waals surface area contributed by atoms with E-state index in [2.05, 4.69) is 20.4 Å². The highest BCUT2D eigenvalue weighted by atomic mass is 19.1. The smallest absolute Gasteiger partial charge is 0.410 e. The molecule has 0 saturated carbocycles. The van der Waals surface area contributed by atoms with E-state index < -0.39 is 29.3 Å². The van der Waals surface area contributed by atoms with Gasteiger partial charge in [0, 0.05) is 57.9 Å². The molecular weight excluding hydrogens is 493 g/mol. The summed E-state index contributed by atoms with van der Waals surface area (Å²) < 4.78 is 20.3. The monoisotopic (exact) mass is 531 g/mol. The number of piperazine rings is 1. The first-order valence-electron chi connectivity index (χ1n) is 13.4. The topological polar surface area (TPSA) is 111 Å². The minimum atomic E-state index is -0.850. The Morgan fingerprint density at radius 1 is 1.05 bits per heavy atom. The molecule has 3 fully saturated rings. The second-order valence-corrected chi connectivity index (χ2v) is 11.3. The molecule has 4 rings (SSSR count). The van der Waals surface area contributed by atoms with Crippen LogP contribution in [0, 0.1) is 11.7 Å². The molecule has 0 aliphatic carbocycles. The second kappa shape index (κ2) is 11.7. The van der Waals surface area contributed by atoms with Crippen LogP contribution in [0.15, 0.2) is 18.2 Å². The summed E-state index contributed by atoms with van der Waals surface area (Å²) in [7, 11) is 0. The maximum Gasteiger partial charge on any atom is 0.410 e. The second-order valence-electron chi connectivity index (χ2n) is 11.3. The molecule has 0 radical (unpaired) electrons. The fourth-order valence-electron chi connectivity index (χ4n) is 5.13. The fraction of sp³-hybridized carbons (Fsp3) is 0.630. The molecule has 3 aliphatic heterocycles. The van der Waals surface area contributed by atoms with Crippen LogP contribution in [0.4, 0.5) is 14.9 Å². The Morgan fingerprint density at radius 3 is 2.34 bits per heavy atom.